The Morgan fingerprint density at radius 1 is 1.07 bits per heavy atom. The van der Waals surface area contributed by atoms with Gasteiger partial charge < -0.3 is 4.74 Å². The second-order valence-corrected chi connectivity index (χ2v) is 9.40. The highest BCUT2D eigenvalue weighted by molar-refractivity contribution is 9.10. The lowest BCUT2D eigenvalue weighted by Crippen LogP contribution is -2.10. The molecule has 3 aromatic rings. The van der Waals surface area contributed by atoms with Crippen LogP contribution in [0.3, 0.4) is 0 Å². The Morgan fingerprint density at radius 3 is 2.31 bits per heavy atom. The molecule has 0 bridgehead atoms. The highest BCUT2D eigenvalue weighted by Crippen LogP contribution is 2.30. The van der Waals surface area contributed by atoms with Crippen molar-refractivity contribution >= 4 is 33.7 Å². The molecule has 0 spiro atoms. The molecule has 1 aromatic heterocycles. The van der Waals surface area contributed by atoms with Crippen molar-refractivity contribution in [1.29, 1.82) is 0 Å². The van der Waals surface area contributed by atoms with Crippen LogP contribution in [-0.2, 0) is 14.9 Å². The maximum atomic E-state index is 11.8. The van der Waals surface area contributed by atoms with E-state index < -0.39 is 0 Å². The Balaban J connectivity index is 2.00. The van der Waals surface area contributed by atoms with Crippen LogP contribution in [0, 0.1) is 0 Å². The fraction of sp³-hybridized carbons (Fsp3) is 0.318. The van der Waals surface area contributed by atoms with Gasteiger partial charge in [-0.25, -0.2) is 0 Å². The number of carbonyl (C=O) groups excluding carboxylic acids is 1. The highest BCUT2D eigenvalue weighted by atomic mass is 79.9. The number of nitrogens with zero attached hydrogens (tertiary/aromatic N) is 3. The quantitative estimate of drug-likeness (QED) is 0.341. The van der Waals surface area contributed by atoms with Crippen LogP contribution < -0.4 is 0 Å². The van der Waals surface area contributed by atoms with Crippen LogP contribution in [0.2, 0.25) is 0 Å². The van der Waals surface area contributed by atoms with E-state index in [1.165, 1.54) is 17.3 Å². The van der Waals surface area contributed by atoms with Gasteiger partial charge in [-0.15, -0.1) is 10.2 Å². The fourth-order valence-electron chi connectivity index (χ4n) is 2.82. The molecule has 0 atom stereocenters. The topological polar surface area (TPSA) is 57.0 Å². The third-order valence-electron chi connectivity index (χ3n) is 4.35. The van der Waals surface area contributed by atoms with Gasteiger partial charge in [-0.1, -0.05) is 72.7 Å². The van der Waals surface area contributed by atoms with Gasteiger partial charge in [-0.05, 0) is 42.2 Å². The second-order valence-electron chi connectivity index (χ2n) is 7.54. The third kappa shape index (κ3) is 5.28. The molecule has 0 amide bonds. The lowest BCUT2D eigenvalue weighted by molar-refractivity contribution is -0.139. The number of ether oxygens (including phenoxy) is 1. The number of esters is 1. The van der Waals surface area contributed by atoms with Crippen molar-refractivity contribution in [2.24, 2.45) is 0 Å². The number of rotatable bonds is 6. The molecule has 5 nitrogen and oxygen atoms in total. The zero-order chi connectivity index (χ0) is 21.0. The number of hydrogen-bond donors (Lipinski definition) is 0. The zero-order valence-electron chi connectivity index (χ0n) is 17.0. The molecule has 0 N–H and O–H groups in total. The van der Waals surface area contributed by atoms with Gasteiger partial charge in [0.1, 0.15) is 0 Å². The van der Waals surface area contributed by atoms with Crippen LogP contribution in [0.25, 0.3) is 17.1 Å². The van der Waals surface area contributed by atoms with Crippen LogP contribution >= 0.6 is 27.7 Å². The Kier molecular flexibility index (Phi) is 6.80. The lowest BCUT2D eigenvalue weighted by atomic mass is 9.87. The smallest absolute Gasteiger partial charge is 0.316 e. The van der Waals surface area contributed by atoms with Crippen molar-refractivity contribution < 1.29 is 9.53 Å². The lowest BCUT2D eigenvalue weighted by Gasteiger charge is -2.19. The van der Waals surface area contributed by atoms with Gasteiger partial charge in [0.25, 0.3) is 0 Å². The molecule has 7 heteroatoms. The fourth-order valence-corrected chi connectivity index (χ4v) is 3.83. The van der Waals surface area contributed by atoms with Crippen molar-refractivity contribution in [3.8, 4) is 17.1 Å². The van der Waals surface area contributed by atoms with E-state index in [0.29, 0.717) is 11.8 Å². The summed E-state index contributed by atoms with van der Waals surface area (Å²) in [5.41, 5.74) is 3.24. The SMILES string of the molecule is CCOC(=O)CSc1nnc(-c2ccc(C(C)(C)C)cc2)n1-c1ccc(Br)cc1. The van der Waals surface area contributed by atoms with Gasteiger partial charge in [0, 0.05) is 15.7 Å². The van der Waals surface area contributed by atoms with Gasteiger partial charge in [0.2, 0.25) is 0 Å². The van der Waals surface area contributed by atoms with Crippen molar-refractivity contribution in [2.45, 2.75) is 38.3 Å². The molecular weight excluding hydrogens is 450 g/mol. The number of halogens is 1. The van der Waals surface area contributed by atoms with E-state index in [1.807, 2.05) is 28.8 Å². The maximum absolute atomic E-state index is 11.8. The Hall–Kier alpha value is -2.12. The van der Waals surface area contributed by atoms with E-state index >= 15 is 0 Å². The van der Waals surface area contributed by atoms with Gasteiger partial charge in [-0.2, -0.15) is 0 Å². The summed E-state index contributed by atoms with van der Waals surface area (Å²) in [6.45, 7) is 8.74. The van der Waals surface area contributed by atoms with Crippen molar-refractivity contribution in [1.82, 2.24) is 14.8 Å². The summed E-state index contributed by atoms with van der Waals surface area (Å²) in [5, 5.41) is 9.43. The first kappa shape index (κ1) is 21.6. The molecular formula is C22H24BrN3O2S. The average molecular weight is 474 g/mol. The van der Waals surface area contributed by atoms with Gasteiger partial charge in [-0.3, -0.25) is 9.36 Å². The summed E-state index contributed by atoms with van der Waals surface area (Å²) in [5.74, 6) is 0.656. The normalized spacial score (nSPS) is 11.5. The van der Waals surface area contributed by atoms with Crippen molar-refractivity contribution in [3.63, 3.8) is 0 Å². The molecule has 0 unspecified atom stereocenters. The first-order valence-corrected chi connectivity index (χ1v) is 11.2. The number of benzene rings is 2. The predicted molar refractivity (Wildman–Crippen MR) is 121 cm³/mol. The summed E-state index contributed by atoms with van der Waals surface area (Å²) >= 11 is 4.80. The molecule has 0 aliphatic carbocycles. The van der Waals surface area contributed by atoms with Gasteiger partial charge in [0.15, 0.2) is 11.0 Å². The third-order valence-corrected chi connectivity index (χ3v) is 5.78. The molecule has 29 heavy (non-hydrogen) atoms. The number of aromatic nitrogens is 3. The zero-order valence-corrected chi connectivity index (χ0v) is 19.4. The van der Waals surface area contributed by atoms with E-state index in [1.54, 1.807) is 6.92 Å². The molecule has 0 radical (unpaired) electrons. The Bertz CT molecular complexity index is 977. The average Bonchev–Trinajstić information content (AvgIpc) is 3.10. The molecule has 0 aliphatic heterocycles. The summed E-state index contributed by atoms with van der Waals surface area (Å²) < 4.78 is 8.00. The first-order chi connectivity index (χ1) is 13.8. The number of carbonyl (C=O) groups is 1. The summed E-state index contributed by atoms with van der Waals surface area (Å²) in [6, 6.07) is 16.3. The van der Waals surface area contributed by atoms with Crippen molar-refractivity contribution in [2.75, 3.05) is 12.4 Å². The predicted octanol–water partition coefficient (Wildman–Crippen LogP) is 5.65. The second kappa shape index (κ2) is 9.13. The van der Waals surface area contributed by atoms with E-state index in [9.17, 15) is 4.79 Å². The summed E-state index contributed by atoms with van der Waals surface area (Å²) in [7, 11) is 0. The highest BCUT2D eigenvalue weighted by Gasteiger charge is 2.19. The van der Waals surface area contributed by atoms with E-state index in [4.69, 9.17) is 4.74 Å². The molecule has 0 saturated heterocycles. The molecule has 2 aromatic carbocycles. The van der Waals surface area contributed by atoms with Crippen LogP contribution in [0.4, 0.5) is 0 Å². The molecule has 0 saturated carbocycles. The summed E-state index contributed by atoms with van der Waals surface area (Å²) in [4.78, 5) is 11.8. The van der Waals surface area contributed by atoms with Crippen LogP contribution in [-0.4, -0.2) is 33.1 Å². The van der Waals surface area contributed by atoms with Crippen molar-refractivity contribution in [3.05, 3.63) is 58.6 Å². The number of thioether (sulfide) groups is 1. The number of hydrogen-bond acceptors (Lipinski definition) is 5. The Morgan fingerprint density at radius 2 is 1.72 bits per heavy atom. The molecule has 152 valence electrons. The molecule has 0 fully saturated rings. The monoisotopic (exact) mass is 473 g/mol. The van der Waals surface area contributed by atoms with Crippen LogP contribution in [0.1, 0.15) is 33.3 Å². The minimum atomic E-state index is -0.265. The molecule has 0 aliphatic rings. The molecule has 1 heterocycles. The Labute approximate surface area is 184 Å². The standard InChI is InChI=1S/C22H24BrN3O2S/c1-5-28-19(27)14-29-21-25-24-20(26(21)18-12-10-17(23)11-13-18)15-6-8-16(9-7-15)22(2,3)4/h6-13H,5,14H2,1-4H3. The molecule has 3 rings (SSSR count). The van der Waals surface area contributed by atoms with E-state index in [0.717, 1.165) is 21.5 Å². The van der Waals surface area contributed by atoms with Crippen LogP contribution in [0.15, 0.2) is 58.2 Å². The largest absolute Gasteiger partial charge is 0.465 e. The minimum Gasteiger partial charge on any atom is -0.465 e. The van der Waals surface area contributed by atoms with Gasteiger partial charge >= 0.3 is 5.97 Å². The van der Waals surface area contributed by atoms with E-state index in [2.05, 4.69) is 71.2 Å². The van der Waals surface area contributed by atoms with E-state index in [-0.39, 0.29) is 17.1 Å². The summed E-state index contributed by atoms with van der Waals surface area (Å²) in [6.07, 6.45) is 0. The van der Waals surface area contributed by atoms with Gasteiger partial charge in [0.05, 0.1) is 12.4 Å². The minimum absolute atomic E-state index is 0.0819. The first-order valence-electron chi connectivity index (χ1n) is 9.40. The van der Waals surface area contributed by atoms with Crippen LogP contribution in [0.5, 0.6) is 0 Å². The maximum Gasteiger partial charge on any atom is 0.316 e.